The van der Waals surface area contributed by atoms with Crippen molar-refractivity contribution in [3.05, 3.63) is 62.0 Å². The van der Waals surface area contributed by atoms with E-state index in [2.05, 4.69) is 32.1 Å². The fourth-order valence-electron chi connectivity index (χ4n) is 1.89. The summed E-state index contributed by atoms with van der Waals surface area (Å²) >= 11 is 20.1. The van der Waals surface area contributed by atoms with Gasteiger partial charge in [0.05, 0.1) is 10.6 Å². The molecule has 0 aliphatic carbocycles. The van der Waals surface area contributed by atoms with Crippen molar-refractivity contribution >= 4 is 68.3 Å². The van der Waals surface area contributed by atoms with E-state index in [0.717, 1.165) is 10.0 Å². The molecule has 0 bridgehead atoms. The average molecular weight is 491 g/mol. The molecule has 0 aromatic heterocycles. The third-order valence-electron chi connectivity index (χ3n) is 3.22. The number of carbonyl (C=O) groups excluding carboxylic acids is 2. The van der Waals surface area contributed by atoms with Crippen LogP contribution in [0.3, 0.4) is 0 Å². The summed E-state index contributed by atoms with van der Waals surface area (Å²) in [5.74, 6) is -0.458. The first-order valence-corrected chi connectivity index (χ1v) is 9.46. The highest BCUT2D eigenvalue weighted by Gasteiger charge is 2.12. The number of benzene rings is 2. The second-order valence-electron chi connectivity index (χ2n) is 5.28. The zero-order chi connectivity index (χ0) is 20.0. The fraction of sp³-hybridized carbons (Fsp3) is 0.118. The third kappa shape index (κ3) is 6.66. The first-order chi connectivity index (χ1) is 12.8. The van der Waals surface area contributed by atoms with Gasteiger partial charge in [0.1, 0.15) is 5.75 Å². The first kappa shape index (κ1) is 21.4. The molecule has 0 spiro atoms. The number of amides is 2. The lowest BCUT2D eigenvalue weighted by Crippen LogP contribution is -2.49. The first-order valence-electron chi connectivity index (χ1n) is 7.50. The van der Waals surface area contributed by atoms with Crippen molar-refractivity contribution in [3.8, 4) is 5.75 Å². The molecule has 142 valence electrons. The van der Waals surface area contributed by atoms with Crippen LogP contribution < -0.4 is 20.9 Å². The molecule has 2 aromatic carbocycles. The number of thiocarbonyl (C=S) groups is 1. The Morgan fingerprint density at radius 1 is 1.15 bits per heavy atom. The van der Waals surface area contributed by atoms with Crippen LogP contribution in [0.25, 0.3) is 0 Å². The third-order valence-corrected chi connectivity index (χ3v) is 4.86. The highest BCUT2D eigenvalue weighted by Crippen LogP contribution is 2.22. The van der Waals surface area contributed by atoms with E-state index in [1.807, 2.05) is 13.0 Å². The van der Waals surface area contributed by atoms with Crippen LogP contribution in [0.2, 0.25) is 10.0 Å². The van der Waals surface area contributed by atoms with Crippen molar-refractivity contribution < 1.29 is 14.3 Å². The summed E-state index contributed by atoms with van der Waals surface area (Å²) in [6.07, 6.45) is 0. The van der Waals surface area contributed by atoms with Crippen molar-refractivity contribution in [2.45, 2.75) is 6.92 Å². The average Bonchev–Trinajstić information content (AvgIpc) is 2.60. The second kappa shape index (κ2) is 9.89. The monoisotopic (exact) mass is 489 g/mol. The topological polar surface area (TPSA) is 79.5 Å². The molecule has 0 saturated heterocycles. The summed E-state index contributed by atoms with van der Waals surface area (Å²) in [5, 5.41) is 2.89. The lowest BCUT2D eigenvalue weighted by Gasteiger charge is -2.12. The molecule has 3 N–H and O–H groups in total. The zero-order valence-electron chi connectivity index (χ0n) is 13.9. The normalized spacial score (nSPS) is 10.1. The number of ether oxygens (including phenoxy) is 1. The summed E-state index contributed by atoms with van der Waals surface area (Å²) in [4.78, 5) is 23.9. The van der Waals surface area contributed by atoms with Gasteiger partial charge in [-0.1, -0.05) is 39.1 Å². The van der Waals surface area contributed by atoms with Gasteiger partial charge in [0.25, 0.3) is 11.8 Å². The fourth-order valence-corrected chi connectivity index (χ4v) is 2.78. The number of hydrogen-bond donors (Lipinski definition) is 3. The Hall–Kier alpha value is -1.87. The number of rotatable bonds is 4. The molecule has 2 aromatic rings. The highest BCUT2D eigenvalue weighted by atomic mass is 79.9. The summed E-state index contributed by atoms with van der Waals surface area (Å²) in [6.45, 7) is 1.68. The van der Waals surface area contributed by atoms with Crippen molar-refractivity contribution in [3.63, 3.8) is 0 Å². The Morgan fingerprint density at radius 2 is 1.89 bits per heavy atom. The van der Waals surface area contributed by atoms with E-state index in [9.17, 15) is 9.59 Å². The molecule has 0 unspecified atom stereocenters. The number of hydrazine groups is 1. The van der Waals surface area contributed by atoms with Crippen LogP contribution in [-0.4, -0.2) is 23.5 Å². The maximum Gasteiger partial charge on any atom is 0.276 e. The van der Waals surface area contributed by atoms with Crippen molar-refractivity contribution in [1.29, 1.82) is 0 Å². The van der Waals surface area contributed by atoms with Gasteiger partial charge in [-0.2, -0.15) is 0 Å². The van der Waals surface area contributed by atoms with Gasteiger partial charge in [-0.25, -0.2) is 0 Å². The molecule has 2 amide bonds. The number of hydrogen-bond acceptors (Lipinski definition) is 4. The Labute approximate surface area is 179 Å². The standard InChI is InChI=1S/C17H14BrCl2N3O3S/c1-9-6-11(3-5-13(9)18)26-8-15(24)22-23-17(27)21-16(25)12-4-2-10(19)7-14(12)20/h2-7H,8H2,1H3,(H,22,24)(H2,21,23,25,27). The predicted molar refractivity (Wildman–Crippen MR) is 112 cm³/mol. The molecular weight excluding hydrogens is 477 g/mol. The minimum Gasteiger partial charge on any atom is -0.484 e. The largest absolute Gasteiger partial charge is 0.484 e. The summed E-state index contributed by atoms with van der Waals surface area (Å²) in [5.41, 5.74) is 5.92. The summed E-state index contributed by atoms with van der Waals surface area (Å²) in [7, 11) is 0. The van der Waals surface area contributed by atoms with Crippen LogP contribution >= 0.6 is 51.3 Å². The van der Waals surface area contributed by atoms with Crippen LogP contribution in [0.4, 0.5) is 0 Å². The van der Waals surface area contributed by atoms with Gasteiger partial charge in [0.15, 0.2) is 11.7 Å². The van der Waals surface area contributed by atoms with Crippen molar-refractivity contribution in [1.82, 2.24) is 16.2 Å². The van der Waals surface area contributed by atoms with Crippen LogP contribution in [0.1, 0.15) is 15.9 Å². The number of aryl methyl sites for hydroxylation is 1. The molecule has 0 aliphatic heterocycles. The molecule has 10 heteroatoms. The lowest BCUT2D eigenvalue weighted by molar-refractivity contribution is -0.123. The minimum absolute atomic E-state index is 0.0983. The second-order valence-corrected chi connectivity index (χ2v) is 7.39. The zero-order valence-corrected chi connectivity index (χ0v) is 17.9. The van der Waals surface area contributed by atoms with Crippen LogP contribution in [0.15, 0.2) is 40.9 Å². The van der Waals surface area contributed by atoms with Gasteiger partial charge < -0.3 is 4.74 Å². The highest BCUT2D eigenvalue weighted by molar-refractivity contribution is 9.10. The van der Waals surface area contributed by atoms with Crippen molar-refractivity contribution in [2.75, 3.05) is 6.61 Å². The molecule has 0 saturated carbocycles. The minimum atomic E-state index is -0.537. The Balaban J connectivity index is 1.78. The molecule has 0 radical (unpaired) electrons. The predicted octanol–water partition coefficient (Wildman–Crippen LogP) is 3.78. The smallest absolute Gasteiger partial charge is 0.276 e. The van der Waals surface area contributed by atoms with Crippen LogP contribution in [0.5, 0.6) is 5.75 Å². The van der Waals surface area contributed by atoms with E-state index in [-0.39, 0.29) is 22.3 Å². The Kier molecular flexibility index (Phi) is 7.85. The maximum absolute atomic E-state index is 12.1. The number of carbonyl (C=O) groups is 2. The molecule has 0 fully saturated rings. The van der Waals surface area contributed by atoms with Gasteiger partial charge in [-0.05, 0) is 61.1 Å². The lowest BCUT2D eigenvalue weighted by atomic mass is 10.2. The van der Waals surface area contributed by atoms with E-state index in [0.29, 0.717) is 10.8 Å². The summed E-state index contributed by atoms with van der Waals surface area (Å²) in [6, 6.07) is 9.80. The SMILES string of the molecule is Cc1cc(OCC(=O)NNC(=S)NC(=O)c2ccc(Cl)cc2Cl)ccc1Br. The molecule has 0 heterocycles. The molecule has 6 nitrogen and oxygen atoms in total. The van der Waals surface area contributed by atoms with E-state index >= 15 is 0 Å². The van der Waals surface area contributed by atoms with Gasteiger partial charge in [0, 0.05) is 9.50 Å². The van der Waals surface area contributed by atoms with Gasteiger partial charge in [-0.3, -0.25) is 25.8 Å². The number of halogens is 3. The van der Waals surface area contributed by atoms with Gasteiger partial charge in [0.2, 0.25) is 0 Å². The molecule has 27 heavy (non-hydrogen) atoms. The molecule has 0 aliphatic rings. The Morgan fingerprint density at radius 3 is 2.56 bits per heavy atom. The van der Waals surface area contributed by atoms with E-state index < -0.39 is 11.8 Å². The van der Waals surface area contributed by atoms with E-state index in [1.165, 1.54) is 18.2 Å². The summed E-state index contributed by atoms with van der Waals surface area (Å²) < 4.78 is 6.33. The van der Waals surface area contributed by atoms with E-state index in [1.54, 1.807) is 12.1 Å². The quantitative estimate of drug-likeness (QED) is 0.449. The number of nitrogens with one attached hydrogen (secondary N) is 3. The molecule has 2 rings (SSSR count). The molecule has 0 atom stereocenters. The van der Waals surface area contributed by atoms with Gasteiger partial charge in [-0.15, -0.1) is 0 Å². The maximum atomic E-state index is 12.1. The van der Waals surface area contributed by atoms with Crippen molar-refractivity contribution in [2.24, 2.45) is 0 Å². The molecular formula is C17H14BrCl2N3O3S. The van der Waals surface area contributed by atoms with Gasteiger partial charge >= 0.3 is 0 Å². The van der Waals surface area contributed by atoms with Crippen LogP contribution in [-0.2, 0) is 4.79 Å². The van der Waals surface area contributed by atoms with E-state index in [4.69, 9.17) is 40.2 Å². The Bertz CT molecular complexity index is 896. The van der Waals surface area contributed by atoms with Crippen LogP contribution in [0, 0.1) is 6.92 Å².